The molecule has 0 bridgehead atoms. The number of ether oxygens (including phenoxy) is 1. The second kappa shape index (κ2) is 7.13. The molecule has 1 fully saturated rings. The summed E-state index contributed by atoms with van der Waals surface area (Å²) in [6.45, 7) is 1.93. The van der Waals surface area contributed by atoms with Crippen LogP contribution in [0.15, 0.2) is 42.5 Å². The maximum atomic E-state index is 12.5. The van der Waals surface area contributed by atoms with Crippen LogP contribution >= 0.6 is 0 Å². The van der Waals surface area contributed by atoms with E-state index in [0.717, 1.165) is 42.8 Å². The van der Waals surface area contributed by atoms with Crippen LogP contribution in [-0.2, 0) is 4.74 Å². The van der Waals surface area contributed by atoms with Crippen molar-refractivity contribution >= 4 is 28.3 Å². The van der Waals surface area contributed by atoms with E-state index in [4.69, 9.17) is 4.74 Å². The van der Waals surface area contributed by atoms with Crippen LogP contribution in [-0.4, -0.2) is 47.6 Å². The van der Waals surface area contributed by atoms with Gasteiger partial charge >= 0.3 is 0 Å². The van der Waals surface area contributed by atoms with Crippen molar-refractivity contribution in [3.8, 4) is 0 Å². The van der Waals surface area contributed by atoms with Gasteiger partial charge in [-0.15, -0.1) is 0 Å². The zero-order valence-corrected chi connectivity index (χ0v) is 14.6. The highest BCUT2D eigenvalue weighted by Crippen LogP contribution is 2.23. The molecule has 1 aromatic heterocycles. The molecule has 26 heavy (non-hydrogen) atoms. The molecule has 0 spiro atoms. The molecule has 134 valence electrons. The Labute approximate surface area is 151 Å². The van der Waals surface area contributed by atoms with Crippen LogP contribution in [0.1, 0.15) is 23.2 Å². The number of nitrogens with one attached hydrogen (secondary N) is 2. The zero-order chi connectivity index (χ0) is 17.9. The Kier molecular flexibility index (Phi) is 4.53. The number of methoxy groups -OCH3 is 1. The molecule has 1 amide bonds. The second-order valence-electron chi connectivity index (χ2n) is 6.47. The van der Waals surface area contributed by atoms with Gasteiger partial charge in [-0.1, -0.05) is 0 Å². The van der Waals surface area contributed by atoms with Gasteiger partial charge in [0.15, 0.2) is 0 Å². The number of hydrogen-bond acceptors (Lipinski definition) is 5. The monoisotopic (exact) mass is 351 g/mol. The summed E-state index contributed by atoms with van der Waals surface area (Å²) < 4.78 is 5.48. The van der Waals surface area contributed by atoms with Crippen molar-refractivity contribution in [3.05, 3.63) is 48.0 Å². The number of hydrogen-bond donors (Lipinski definition) is 2. The maximum absolute atomic E-state index is 12.5. The van der Waals surface area contributed by atoms with Crippen molar-refractivity contribution in [1.29, 1.82) is 0 Å². The number of anilines is 2. The van der Waals surface area contributed by atoms with Crippen molar-refractivity contribution in [2.75, 3.05) is 30.4 Å². The third-order valence-electron chi connectivity index (χ3n) is 4.78. The average Bonchev–Trinajstić information content (AvgIpc) is 3.16. The van der Waals surface area contributed by atoms with E-state index in [2.05, 4.69) is 25.6 Å². The molecule has 4 rings (SSSR count). The second-order valence-corrected chi connectivity index (χ2v) is 6.47. The maximum Gasteiger partial charge on any atom is 0.255 e. The van der Waals surface area contributed by atoms with E-state index in [1.165, 1.54) is 0 Å². The number of amides is 1. The molecular formula is C19H21N5O2. The Hall–Kier alpha value is -2.93. The number of H-pyrrole nitrogens is 1. The fourth-order valence-corrected chi connectivity index (χ4v) is 3.31. The van der Waals surface area contributed by atoms with Crippen molar-refractivity contribution in [1.82, 2.24) is 15.4 Å². The lowest BCUT2D eigenvalue weighted by molar-refractivity contribution is 0.0893. The van der Waals surface area contributed by atoms with Gasteiger partial charge in [0.1, 0.15) is 11.0 Å². The fraction of sp³-hybridized carbons (Fsp3) is 0.316. The summed E-state index contributed by atoms with van der Waals surface area (Å²) in [5.74, 6) is -0.167. The number of benzene rings is 2. The number of rotatable bonds is 4. The summed E-state index contributed by atoms with van der Waals surface area (Å²) >= 11 is 0. The molecule has 2 aromatic carbocycles. The summed E-state index contributed by atoms with van der Waals surface area (Å²) in [4.78, 5) is 14.8. The fourth-order valence-electron chi connectivity index (χ4n) is 3.31. The number of aromatic amines is 1. The normalized spacial score (nSPS) is 17.4. The molecule has 1 saturated heterocycles. The van der Waals surface area contributed by atoms with Crippen LogP contribution in [0, 0.1) is 0 Å². The lowest BCUT2D eigenvalue weighted by Gasteiger charge is -2.33. The topological polar surface area (TPSA) is 83.1 Å². The number of carbonyl (C=O) groups is 1. The molecule has 1 unspecified atom stereocenters. The van der Waals surface area contributed by atoms with Crippen molar-refractivity contribution in [2.24, 2.45) is 0 Å². The summed E-state index contributed by atoms with van der Waals surface area (Å²) in [7, 11) is 1.77. The quantitative estimate of drug-likeness (QED) is 0.755. The van der Waals surface area contributed by atoms with Crippen molar-refractivity contribution in [3.63, 3.8) is 0 Å². The molecule has 2 heterocycles. The Morgan fingerprint density at radius 3 is 2.81 bits per heavy atom. The summed E-state index contributed by atoms with van der Waals surface area (Å²) in [5.41, 5.74) is 3.87. The van der Waals surface area contributed by atoms with Crippen LogP contribution < -0.4 is 10.2 Å². The molecule has 0 saturated carbocycles. The Morgan fingerprint density at radius 2 is 2.00 bits per heavy atom. The van der Waals surface area contributed by atoms with E-state index in [-0.39, 0.29) is 12.0 Å². The van der Waals surface area contributed by atoms with E-state index in [0.29, 0.717) is 11.1 Å². The minimum absolute atomic E-state index is 0.167. The molecule has 2 N–H and O–H groups in total. The van der Waals surface area contributed by atoms with E-state index < -0.39 is 0 Å². The van der Waals surface area contributed by atoms with E-state index in [9.17, 15) is 4.79 Å². The first-order valence-corrected chi connectivity index (χ1v) is 8.72. The third-order valence-corrected chi connectivity index (χ3v) is 4.78. The van der Waals surface area contributed by atoms with Gasteiger partial charge in [-0.25, -0.2) is 0 Å². The molecule has 0 radical (unpaired) electrons. The minimum atomic E-state index is -0.167. The standard InChI is InChI=1S/C19H21N5O2/c1-26-16-3-2-10-24(12-16)15-7-5-14(6-8-15)20-19(25)13-4-9-17-18(11-13)22-23-21-17/h4-9,11,16H,2-3,10,12H2,1H3,(H,20,25)(H,21,22,23). The Balaban J connectivity index is 1.44. The highest BCUT2D eigenvalue weighted by Gasteiger charge is 2.19. The minimum Gasteiger partial charge on any atom is -0.380 e. The summed E-state index contributed by atoms with van der Waals surface area (Å²) in [5, 5.41) is 13.5. The molecule has 7 heteroatoms. The van der Waals surface area contributed by atoms with Gasteiger partial charge in [0.05, 0.1) is 6.10 Å². The average molecular weight is 351 g/mol. The van der Waals surface area contributed by atoms with Crippen molar-refractivity contribution < 1.29 is 9.53 Å². The van der Waals surface area contributed by atoms with Gasteiger partial charge < -0.3 is 15.0 Å². The van der Waals surface area contributed by atoms with E-state index in [1.807, 2.05) is 24.3 Å². The molecule has 1 aliphatic heterocycles. The zero-order valence-electron chi connectivity index (χ0n) is 14.6. The molecule has 1 atom stereocenters. The first kappa shape index (κ1) is 16.5. The highest BCUT2D eigenvalue weighted by molar-refractivity contribution is 6.05. The van der Waals surface area contributed by atoms with E-state index >= 15 is 0 Å². The number of fused-ring (bicyclic) bond motifs is 1. The first-order valence-electron chi connectivity index (χ1n) is 8.72. The van der Waals surface area contributed by atoms with Gasteiger partial charge in [-0.2, -0.15) is 15.4 Å². The lowest BCUT2D eigenvalue weighted by atomic mass is 10.1. The predicted octanol–water partition coefficient (Wildman–Crippen LogP) is 2.83. The van der Waals surface area contributed by atoms with Crippen LogP contribution in [0.25, 0.3) is 11.0 Å². The van der Waals surface area contributed by atoms with Crippen LogP contribution in [0.5, 0.6) is 0 Å². The lowest BCUT2D eigenvalue weighted by Crippen LogP contribution is -2.39. The smallest absolute Gasteiger partial charge is 0.255 e. The number of piperidine rings is 1. The SMILES string of the molecule is COC1CCCN(c2ccc(NC(=O)c3ccc4n[nH]nc4c3)cc2)C1. The van der Waals surface area contributed by atoms with Gasteiger partial charge in [0.25, 0.3) is 5.91 Å². The summed E-state index contributed by atoms with van der Waals surface area (Å²) in [6, 6.07) is 13.2. The number of aromatic nitrogens is 3. The van der Waals surface area contributed by atoms with Gasteiger partial charge in [-0.3, -0.25) is 4.79 Å². The number of nitrogens with zero attached hydrogens (tertiary/aromatic N) is 3. The van der Waals surface area contributed by atoms with Gasteiger partial charge in [0, 0.05) is 37.1 Å². The molecule has 7 nitrogen and oxygen atoms in total. The largest absolute Gasteiger partial charge is 0.380 e. The van der Waals surface area contributed by atoms with Gasteiger partial charge in [-0.05, 0) is 55.3 Å². The third kappa shape index (κ3) is 3.39. The molecule has 1 aliphatic rings. The van der Waals surface area contributed by atoms with Crippen LogP contribution in [0.4, 0.5) is 11.4 Å². The van der Waals surface area contributed by atoms with E-state index in [1.54, 1.807) is 25.3 Å². The Bertz CT molecular complexity index is 906. The van der Waals surface area contributed by atoms with Crippen LogP contribution in [0.3, 0.4) is 0 Å². The van der Waals surface area contributed by atoms with Gasteiger partial charge in [0.2, 0.25) is 0 Å². The molecule has 0 aliphatic carbocycles. The molecular weight excluding hydrogens is 330 g/mol. The highest BCUT2D eigenvalue weighted by atomic mass is 16.5. The summed E-state index contributed by atoms with van der Waals surface area (Å²) in [6.07, 6.45) is 2.52. The first-order chi connectivity index (χ1) is 12.7. The van der Waals surface area contributed by atoms with Crippen LogP contribution in [0.2, 0.25) is 0 Å². The van der Waals surface area contributed by atoms with Crippen molar-refractivity contribution in [2.45, 2.75) is 18.9 Å². The Morgan fingerprint density at radius 1 is 1.19 bits per heavy atom. The number of carbonyl (C=O) groups excluding carboxylic acids is 1. The predicted molar refractivity (Wildman–Crippen MR) is 101 cm³/mol. The molecule has 3 aromatic rings.